The van der Waals surface area contributed by atoms with Crippen LogP contribution in [0.5, 0.6) is 0 Å². The molecule has 0 aromatic carbocycles. The molecule has 0 radical (unpaired) electrons. The lowest BCUT2D eigenvalue weighted by atomic mass is 10.2. The van der Waals surface area contributed by atoms with E-state index in [0.717, 1.165) is 12.8 Å². The van der Waals surface area contributed by atoms with Crippen molar-refractivity contribution in [2.24, 2.45) is 5.92 Å². The summed E-state index contributed by atoms with van der Waals surface area (Å²) in [6, 6.07) is 0. The van der Waals surface area contributed by atoms with Crippen LogP contribution < -0.4 is 5.32 Å². The Morgan fingerprint density at radius 2 is 1.83 bits per heavy atom. The monoisotopic (exact) mass is 189 g/mol. The van der Waals surface area contributed by atoms with Crippen molar-refractivity contribution in [3.63, 3.8) is 0 Å². The van der Waals surface area contributed by atoms with Crippen molar-refractivity contribution in [2.45, 2.75) is 33.5 Å². The largest absolute Gasteiger partial charge is 0.366 e. The minimum Gasteiger partial charge on any atom is -0.366 e. The molecule has 0 aromatic heterocycles. The van der Waals surface area contributed by atoms with Crippen LogP contribution in [0.4, 0.5) is 0 Å². The van der Waals surface area contributed by atoms with Gasteiger partial charge in [-0.3, -0.25) is 5.32 Å². The molecule has 0 saturated carbocycles. The average Bonchev–Trinajstić information content (AvgIpc) is 1.83. The number of hydrogen-bond donors (Lipinski definition) is 1. The van der Waals surface area contributed by atoms with Crippen molar-refractivity contribution in [2.75, 3.05) is 19.5 Å². The van der Waals surface area contributed by atoms with Crippen LogP contribution in [-0.4, -0.2) is 27.6 Å². The summed E-state index contributed by atoms with van der Waals surface area (Å²) in [5, 5.41) is 3.32. The van der Waals surface area contributed by atoms with Gasteiger partial charge in [-0.1, -0.05) is 33.5 Å². The zero-order valence-corrected chi connectivity index (χ0v) is 10.1. The van der Waals surface area contributed by atoms with Crippen molar-refractivity contribution in [3.8, 4) is 0 Å². The molecule has 0 bridgehead atoms. The van der Waals surface area contributed by atoms with E-state index in [2.05, 4.69) is 38.8 Å². The van der Waals surface area contributed by atoms with Crippen LogP contribution in [0.15, 0.2) is 0 Å². The first-order valence-corrected chi connectivity index (χ1v) is 8.41. The van der Waals surface area contributed by atoms with Crippen LogP contribution in [0.1, 0.15) is 13.8 Å². The summed E-state index contributed by atoms with van der Waals surface area (Å²) in [7, 11) is -0.926. The van der Waals surface area contributed by atoms with Gasteiger partial charge in [0.25, 0.3) is 0 Å². The summed E-state index contributed by atoms with van der Waals surface area (Å²) < 4.78 is 5.40. The van der Waals surface area contributed by atoms with Crippen molar-refractivity contribution < 1.29 is 4.74 Å². The van der Waals surface area contributed by atoms with E-state index < -0.39 is 8.07 Å². The second kappa shape index (κ2) is 5.73. The summed E-state index contributed by atoms with van der Waals surface area (Å²) in [5.74, 6) is 0.638. The molecule has 0 aliphatic heterocycles. The first kappa shape index (κ1) is 12.1. The van der Waals surface area contributed by atoms with E-state index >= 15 is 0 Å². The van der Waals surface area contributed by atoms with Gasteiger partial charge in [0.05, 0.1) is 21.4 Å². The molecule has 2 nitrogen and oxygen atoms in total. The second-order valence-corrected chi connectivity index (χ2v) is 10.4. The standard InChI is InChI=1S/C9H23NOSi/c1-9(2)6-11-7-10-8-12(3,4)5/h9-10H,6-8H2,1-5H3. The van der Waals surface area contributed by atoms with Crippen molar-refractivity contribution in [1.29, 1.82) is 0 Å². The molecule has 74 valence electrons. The van der Waals surface area contributed by atoms with E-state index in [-0.39, 0.29) is 0 Å². The minimum atomic E-state index is -0.926. The van der Waals surface area contributed by atoms with E-state index in [1.807, 2.05) is 0 Å². The second-order valence-electron chi connectivity index (χ2n) is 4.90. The molecule has 0 unspecified atom stereocenters. The molecule has 0 amide bonds. The van der Waals surface area contributed by atoms with Gasteiger partial charge in [0, 0.05) is 0 Å². The van der Waals surface area contributed by atoms with E-state index in [9.17, 15) is 0 Å². The maximum Gasteiger partial charge on any atom is 0.0962 e. The third kappa shape index (κ3) is 10.1. The normalized spacial score (nSPS) is 12.5. The molecule has 0 saturated heterocycles. The van der Waals surface area contributed by atoms with Gasteiger partial charge in [0.15, 0.2) is 0 Å². The van der Waals surface area contributed by atoms with Gasteiger partial charge in [0.2, 0.25) is 0 Å². The topological polar surface area (TPSA) is 21.3 Å². The first-order valence-electron chi connectivity index (χ1n) is 4.70. The molecular weight excluding hydrogens is 166 g/mol. The predicted molar refractivity (Wildman–Crippen MR) is 57.0 cm³/mol. The molecule has 0 aromatic rings. The SMILES string of the molecule is CC(C)COCNC[Si](C)(C)C. The van der Waals surface area contributed by atoms with Crippen LogP contribution in [0.2, 0.25) is 19.6 Å². The molecule has 0 atom stereocenters. The number of nitrogens with one attached hydrogen (secondary N) is 1. The third-order valence-corrected chi connectivity index (χ3v) is 2.62. The highest BCUT2D eigenvalue weighted by atomic mass is 28.3. The molecule has 0 aliphatic rings. The highest BCUT2D eigenvalue weighted by molar-refractivity contribution is 6.76. The summed E-state index contributed by atoms with van der Waals surface area (Å²) in [6.45, 7) is 12.9. The molecule has 0 spiro atoms. The molecule has 0 rings (SSSR count). The van der Waals surface area contributed by atoms with Crippen LogP contribution in [-0.2, 0) is 4.74 Å². The molecular formula is C9H23NOSi. The number of ether oxygens (including phenoxy) is 1. The fourth-order valence-electron chi connectivity index (χ4n) is 0.793. The van der Waals surface area contributed by atoms with Gasteiger partial charge >= 0.3 is 0 Å². The maximum atomic E-state index is 5.40. The highest BCUT2D eigenvalue weighted by Crippen LogP contribution is 1.97. The van der Waals surface area contributed by atoms with Crippen LogP contribution in [0.25, 0.3) is 0 Å². The Morgan fingerprint density at radius 3 is 2.25 bits per heavy atom. The fraction of sp³-hybridized carbons (Fsp3) is 1.00. The van der Waals surface area contributed by atoms with Crippen molar-refractivity contribution in [3.05, 3.63) is 0 Å². The number of hydrogen-bond acceptors (Lipinski definition) is 2. The van der Waals surface area contributed by atoms with Crippen LogP contribution in [0.3, 0.4) is 0 Å². The Bertz CT molecular complexity index is 110. The summed E-state index contributed by atoms with van der Waals surface area (Å²) >= 11 is 0. The maximum absolute atomic E-state index is 5.40. The smallest absolute Gasteiger partial charge is 0.0962 e. The van der Waals surface area contributed by atoms with Gasteiger partial charge < -0.3 is 4.74 Å². The Kier molecular flexibility index (Phi) is 5.79. The van der Waals surface area contributed by atoms with E-state index in [1.54, 1.807) is 0 Å². The Balaban J connectivity index is 3.12. The molecule has 0 fully saturated rings. The van der Waals surface area contributed by atoms with Gasteiger partial charge in [0.1, 0.15) is 0 Å². The molecule has 1 N–H and O–H groups in total. The molecule has 12 heavy (non-hydrogen) atoms. The van der Waals surface area contributed by atoms with Crippen LogP contribution in [0, 0.1) is 5.92 Å². The van der Waals surface area contributed by atoms with E-state index in [4.69, 9.17) is 4.74 Å². The zero-order valence-electron chi connectivity index (χ0n) is 9.11. The van der Waals surface area contributed by atoms with E-state index in [0.29, 0.717) is 12.6 Å². The predicted octanol–water partition coefficient (Wildman–Crippen LogP) is 2.08. The summed E-state index contributed by atoms with van der Waals surface area (Å²) in [4.78, 5) is 0. The highest BCUT2D eigenvalue weighted by Gasteiger charge is 2.11. The Morgan fingerprint density at radius 1 is 1.25 bits per heavy atom. The van der Waals surface area contributed by atoms with Gasteiger partial charge in [-0.2, -0.15) is 0 Å². The molecule has 3 heteroatoms. The van der Waals surface area contributed by atoms with Gasteiger partial charge in [-0.15, -0.1) is 0 Å². The zero-order chi connectivity index (χ0) is 9.61. The fourth-order valence-corrected chi connectivity index (χ4v) is 1.64. The lowest BCUT2D eigenvalue weighted by molar-refractivity contribution is 0.0973. The van der Waals surface area contributed by atoms with Crippen molar-refractivity contribution in [1.82, 2.24) is 5.32 Å². The van der Waals surface area contributed by atoms with Gasteiger partial charge in [-0.05, 0) is 12.1 Å². The summed E-state index contributed by atoms with van der Waals surface area (Å²) in [5.41, 5.74) is 0. The Labute approximate surface area is 77.7 Å². The first-order chi connectivity index (χ1) is 5.42. The number of rotatable bonds is 6. The Hall–Kier alpha value is 0.137. The van der Waals surface area contributed by atoms with Gasteiger partial charge in [-0.25, -0.2) is 0 Å². The van der Waals surface area contributed by atoms with Crippen LogP contribution >= 0.6 is 0 Å². The molecule has 0 aliphatic carbocycles. The average molecular weight is 189 g/mol. The molecule has 0 heterocycles. The quantitative estimate of drug-likeness (QED) is 0.392. The van der Waals surface area contributed by atoms with Crippen molar-refractivity contribution >= 4 is 8.07 Å². The lowest BCUT2D eigenvalue weighted by Crippen LogP contribution is -2.37. The van der Waals surface area contributed by atoms with E-state index in [1.165, 1.54) is 0 Å². The minimum absolute atomic E-state index is 0.638. The lowest BCUT2D eigenvalue weighted by Gasteiger charge is -2.16. The summed E-state index contributed by atoms with van der Waals surface area (Å²) in [6.07, 6.45) is 1.14. The third-order valence-electron chi connectivity index (χ3n) is 1.31.